The monoisotopic (exact) mass is 209 g/mol. The molecule has 0 saturated carbocycles. The number of benzene rings is 1. The molecule has 0 N–H and O–H groups in total. The largest absolute Gasteiger partial charge is 0.248 e. The van der Waals surface area contributed by atoms with Crippen LogP contribution < -0.4 is 0 Å². The van der Waals surface area contributed by atoms with E-state index in [1.54, 1.807) is 0 Å². The molecule has 0 saturated heterocycles. The molecule has 0 amide bonds. The minimum Gasteiger partial charge on any atom is -0.248 e. The molecule has 0 spiro atoms. The number of fused-ring (bicyclic) bond motifs is 1. The van der Waals surface area contributed by atoms with Gasteiger partial charge in [0.25, 0.3) is 0 Å². The number of hydrogen-bond donors (Lipinski definition) is 0. The Morgan fingerprint density at radius 3 is 2.88 bits per heavy atom. The van der Waals surface area contributed by atoms with Gasteiger partial charge in [-0.2, -0.15) is 0 Å². The van der Waals surface area contributed by atoms with Crippen LogP contribution in [0.15, 0.2) is 43.0 Å². The summed E-state index contributed by atoms with van der Waals surface area (Å²) in [4.78, 5) is 4.58. The maximum atomic E-state index is 4.58. The second-order valence-corrected chi connectivity index (χ2v) is 3.67. The first-order valence-electron chi connectivity index (χ1n) is 5.54. The predicted octanol–water partition coefficient (Wildman–Crippen LogP) is 4.30. The molecule has 0 aliphatic carbocycles. The van der Waals surface area contributed by atoms with E-state index in [1.807, 2.05) is 24.3 Å². The second-order valence-electron chi connectivity index (χ2n) is 3.67. The fourth-order valence-electron chi connectivity index (χ4n) is 1.69. The van der Waals surface area contributed by atoms with Gasteiger partial charge in [-0.15, -0.1) is 0 Å². The van der Waals surface area contributed by atoms with Crippen molar-refractivity contribution in [3.8, 4) is 0 Å². The average molecular weight is 209 g/mol. The Hall–Kier alpha value is -1.89. The van der Waals surface area contributed by atoms with Crippen molar-refractivity contribution in [3.63, 3.8) is 0 Å². The normalized spacial score (nSPS) is 11.1. The van der Waals surface area contributed by atoms with Gasteiger partial charge in [0.1, 0.15) is 0 Å². The molecule has 0 radical (unpaired) electrons. The third-order valence-electron chi connectivity index (χ3n) is 2.51. The predicted molar refractivity (Wildman–Crippen MR) is 71.2 cm³/mol. The summed E-state index contributed by atoms with van der Waals surface area (Å²) in [6.07, 6.45) is 7.08. The van der Waals surface area contributed by atoms with Crippen molar-refractivity contribution in [3.05, 3.63) is 54.2 Å². The van der Waals surface area contributed by atoms with E-state index in [-0.39, 0.29) is 0 Å². The van der Waals surface area contributed by atoms with Crippen molar-refractivity contribution in [1.29, 1.82) is 0 Å². The number of rotatable bonds is 3. The van der Waals surface area contributed by atoms with Crippen LogP contribution in [0.5, 0.6) is 0 Å². The van der Waals surface area contributed by atoms with E-state index in [0.717, 1.165) is 23.2 Å². The van der Waals surface area contributed by atoms with Crippen molar-refractivity contribution in [2.75, 3.05) is 0 Å². The summed E-state index contributed by atoms with van der Waals surface area (Å²) in [5, 5.41) is 1.17. The van der Waals surface area contributed by atoms with Crippen LogP contribution in [-0.2, 0) is 0 Å². The van der Waals surface area contributed by atoms with E-state index in [9.17, 15) is 0 Å². The van der Waals surface area contributed by atoms with E-state index < -0.39 is 0 Å². The fourth-order valence-corrected chi connectivity index (χ4v) is 1.69. The highest BCUT2D eigenvalue weighted by molar-refractivity contribution is 5.83. The Balaban J connectivity index is 2.62. The van der Waals surface area contributed by atoms with Gasteiger partial charge in [-0.25, -0.2) is 4.98 Å². The molecule has 0 aliphatic heterocycles. The molecular weight excluding hydrogens is 194 g/mol. The van der Waals surface area contributed by atoms with Gasteiger partial charge in [0.2, 0.25) is 0 Å². The minimum atomic E-state index is 0.948. The standard InChI is InChI=1S/C15H15N/c1-3-5-8-12-11-13-9-6-7-10-15(13)16-14(12)4-2/h4-11H,2-3H2,1H3/b8-5-. The summed E-state index contributed by atoms with van der Waals surface area (Å²) in [5.41, 5.74) is 3.10. The molecule has 0 bridgehead atoms. The molecule has 1 heteroatoms. The first kappa shape index (κ1) is 10.6. The molecule has 1 aromatic heterocycles. The second kappa shape index (κ2) is 4.75. The summed E-state index contributed by atoms with van der Waals surface area (Å²) >= 11 is 0. The van der Waals surface area contributed by atoms with Crippen LogP contribution in [0, 0.1) is 0 Å². The lowest BCUT2D eigenvalue weighted by Gasteiger charge is -2.03. The van der Waals surface area contributed by atoms with Crippen LogP contribution in [0.1, 0.15) is 24.6 Å². The van der Waals surface area contributed by atoms with Crippen LogP contribution in [-0.4, -0.2) is 4.98 Å². The first-order valence-corrected chi connectivity index (χ1v) is 5.54. The molecule has 80 valence electrons. The molecule has 1 aromatic carbocycles. The smallest absolute Gasteiger partial charge is 0.0709 e. The van der Waals surface area contributed by atoms with Gasteiger partial charge in [0.15, 0.2) is 0 Å². The highest BCUT2D eigenvalue weighted by Gasteiger charge is 2.00. The van der Waals surface area contributed by atoms with E-state index in [0.29, 0.717) is 0 Å². The van der Waals surface area contributed by atoms with E-state index in [4.69, 9.17) is 0 Å². The maximum absolute atomic E-state index is 4.58. The van der Waals surface area contributed by atoms with Gasteiger partial charge in [-0.1, -0.05) is 43.9 Å². The van der Waals surface area contributed by atoms with Crippen molar-refractivity contribution < 1.29 is 0 Å². The Labute approximate surface area is 96.1 Å². The van der Waals surface area contributed by atoms with Crippen molar-refractivity contribution in [2.24, 2.45) is 0 Å². The third-order valence-corrected chi connectivity index (χ3v) is 2.51. The molecule has 0 unspecified atom stereocenters. The zero-order valence-corrected chi connectivity index (χ0v) is 9.48. The lowest BCUT2D eigenvalue weighted by molar-refractivity contribution is 1.23. The Kier molecular flexibility index (Phi) is 3.16. The number of nitrogens with zero attached hydrogens (tertiary/aromatic N) is 1. The summed E-state index contributed by atoms with van der Waals surface area (Å²) in [6, 6.07) is 10.3. The highest BCUT2D eigenvalue weighted by atomic mass is 14.7. The number of aromatic nitrogens is 1. The number of hydrogen-bond acceptors (Lipinski definition) is 1. The highest BCUT2D eigenvalue weighted by Crippen LogP contribution is 2.18. The molecule has 0 aliphatic rings. The minimum absolute atomic E-state index is 0.948. The Morgan fingerprint density at radius 1 is 1.31 bits per heavy atom. The molecule has 2 aromatic rings. The Morgan fingerprint density at radius 2 is 2.12 bits per heavy atom. The maximum Gasteiger partial charge on any atom is 0.0709 e. The van der Waals surface area contributed by atoms with Gasteiger partial charge in [0.05, 0.1) is 11.2 Å². The zero-order chi connectivity index (χ0) is 11.4. The van der Waals surface area contributed by atoms with Crippen LogP contribution in [0.4, 0.5) is 0 Å². The average Bonchev–Trinajstić information content (AvgIpc) is 2.35. The molecule has 1 heterocycles. The van der Waals surface area contributed by atoms with E-state index >= 15 is 0 Å². The van der Waals surface area contributed by atoms with Crippen molar-refractivity contribution >= 4 is 23.1 Å². The summed E-state index contributed by atoms with van der Waals surface area (Å²) < 4.78 is 0. The fraction of sp³-hybridized carbons (Fsp3) is 0.133. The van der Waals surface area contributed by atoms with Gasteiger partial charge in [0, 0.05) is 10.9 Å². The lowest BCUT2D eigenvalue weighted by atomic mass is 10.1. The topological polar surface area (TPSA) is 12.9 Å². The quantitative estimate of drug-likeness (QED) is 0.734. The zero-order valence-electron chi connectivity index (χ0n) is 9.48. The number of allylic oxidation sites excluding steroid dienone is 1. The van der Waals surface area contributed by atoms with Gasteiger partial charge >= 0.3 is 0 Å². The Bertz CT molecular complexity index is 538. The van der Waals surface area contributed by atoms with Crippen LogP contribution >= 0.6 is 0 Å². The summed E-state index contributed by atoms with van der Waals surface area (Å²) in [5.74, 6) is 0. The van der Waals surface area contributed by atoms with Gasteiger partial charge in [-0.05, 0) is 24.6 Å². The van der Waals surface area contributed by atoms with Crippen molar-refractivity contribution in [2.45, 2.75) is 13.3 Å². The molecule has 0 fully saturated rings. The van der Waals surface area contributed by atoms with Crippen LogP contribution in [0.25, 0.3) is 23.1 Å². The lowest BCUT2D eigenvalue weighted by Crippen LogP contribution is -1.88. The summed E-state index contributed by atoms with van der Waals surface area (Å²) in [7, 11) is 0. The first-order chi connectivity index (χ1) is 7.85. The molecule has 16 heavy (non-hydrogen) atoms. The van der Waals surface area contributed by atoms with Crippen LogP contribution in [0.3, 0.4) is 0 Å². The number of para-hydroxylation sites is 1. The molecular formula is C15H15N. The molecule has 2 rings (SSSR count). The van der Waals surface area contributed by atoms with Gasteiger partial charge in [-0.3, -0.25) is 0 Å². The van der Waals surface area contributed by atoms with E-state index in [2.05, 4.69) is 42.8 Å². The third kappa shape index (κ3) is 2.03. The van der Waals surface area contributed by atoms with Crippen LogP contribution in [0.2, 0.25) is 0 Å². The van der Waals surface area contributed by atoms with Crippen molar-refractivity contribution in [1.82, 2.24) is 4.98 Å². The van der Waals surface area contributed by atoms with Gasteiger partial charge < -0.3 is 0 Å². The number of pyridine rings is 1. The summed E-state index contributed by atoms with van der Waals surface area (Å²) in [6.45, 7) is 5.93. The molecule has 0 atom stereocenters. The molecule has 1 nitrogen and oxygen atoms in total. The van der Waals surface area contributed by atoms with E-state index in [1.165, 1.54) is 5.39 Å². The SMILES string of the molecule is C=Cc1nc2ccccc2cc1/C=C\CC.